The molecule has 0 rings (SSSR count). The fraction of sp³-hybridized carbons (Fsp3) is 1.00. The van der Waals surface area contributed by atoms with E-state index in [1.807, 2.05) is 0 Å². The quantitative estimate of drug-likeness (QED) is 0.508. The Hall–Kier alpha value is 0.214. The van der Waals surface area contributed by atoms with E-state index in [9.17, 15) is 8.78 Å². The van der Waals surface area contributed by atoms with E-state index < -0.39 is 25.8 Å². The molecule has 58 valence electrons. The van der Waals surface area contributed by atoms with Crippen LogP contribution >= 0.6 is 0 Å². The summed E-state index contributed by atoms with van der Waals surface area (Å²) in [7, 11) is -2.20. The maximum atomic E-state index is 10.9. The van der Waals surface area contributed by atoms with Gasteiger partial charge in [-0.05, 0) is 6.04 Å². The van der Waals surface area contributed by atoms with Crippen molar-refractivity contribution < 1.29 is 18.4 Å². The summed E-state index contributed by atoms with van der Waals surface area (Å²) in [5.74, 6) is 0. The molecule has 9 heavy (non-hydrogen) atoms. The zero-order valence-electron chi connectivity index (χ0n) is 5.19. The molecule has 2 N–H and O–H groups in total. The van der Waals surface area contributed by atoms with E-state index in [0.29, 0.717) is 6.04 Å². The number of hydrogen-bond acceptors (Lipinski definition) is 2. The molecule has 0 bridgehead atoms. The van der Waals surface area contributed by atoms with E-state index in [4.69, 9.17) is 9.59 Å². The van der Waals surface area contributed by atoms with Crippen molar-refractivity contribution in [2.45, 2.75) is 6.04 Å². The molecule has 0 spiro atoms. The van der Waals surface area contributed by atoms with Gasteiger partial charge in [0.05, 0.1) is 6.67 Å². The molecule has 0 aliphatic heterocycles. The van der Waals surface area contributed by atoms with Crippen molar-refractivity contribution in [3.8, 4) is 0 Å². The van der Waals surface area contributed by atoms with Crippen molar-refractivity contribution in [1.82, 2.24) is 0 Å². The molecule has 0 radical (unpaired) electrons. The summed E-state index contributed by atoms with van der Waals surface area (Å²) in [6.45, 7) is -0.345. The standard InChI is InChI=1S/C2H7FOSi.CH5FOSi/c3-1-2-5-4;2-1-4-3/h4H,1-2,5H2;3H,1,4H2. The highest BCUT2D eigenvalue weighted by Gasteiger charge is 1.75. The van der Waals surface area contributed by atoms with Crippen LogP contribution in [0, 0.1) is 0 Å². The molecule has 0 aromatic carbocycles. The monoisotopic (exact) mass is 174 g/mol. The summed E-state index contributed by atoms with van der Waals surface area (Å²) in [4.78, 5) is 15.6. The summed E-state index contributed by atoms with van der Waals surface area (Å²) >= 11 is 0. The summed E-state index contributed by atoms with van der Waals surface area (Å²) in [5.41, 5.74) is 0. The predicted octanol–water partition coefficient (Wildman–Crippen LogP) is -1.56. The normalized spacial score (nSPS) is 10.7. The lowest BCUT2D eigenvalue weighted by atomic mass is 10.9. The van der Waals surface area contributed by atoms with Crippen LogP contribution in [0.1, 0.15) is 0 Å². The molecule has 0 heterocycles. The van der Waals surface area contributed by atoms with E-state index in [-0.39, 0.29) is 6.67 Å². The zero-order chi connectivity index (χ0) is 7.54. The minimum atomic E-state index is -1.24. The van der Waals surface area contributed by atoms with Crippen LogP contribution in [0.2, 0.25) is 6.04 Å². The second-order valence-electron chi connectivity index (χ2n) is 1.18. The van der Waals surface area contributed by atoms with Crippen molar-refractivity contribution in [3.63, 3.8) is 0 Å². The van der Waals surface area contributed by atoms with Crippen molar-refractivity contribution in [1.29, 1.82) is 0 Å². The van der Waals surface area contributed by atoms with Crippen molar-refractivity contribution in [2.24, 2.45) is 0 Å². The van der Waals surface area contributed by atoms with Gasteiger partial charge in [-0.3, -0.25) is 8.78 Å². The third kappa shape index (κ3) is 30.7. The van der Waals surface area contributed by atoms with Crippen molar-refractivity contribution in [3.05, 3.63) is 0 Å². The molecule has 0 saturated heterocycles. The highest BCUT2D eigenvalue weighted by molar-refractivity contribution is 6.25. The Bertz CT molecular complexity index is 37.0. The van der Waals surface area contributed by atoms with Gasteiger partial charge < -0.3 is 9.59 Å². The van der Waals surface area contributed by atoms with Crippen LogP contribution in [0.5, 0.6) is 0 Å². The fourth-order valence-corrected chi connectivity index (χ4v) is 0.179. The number of hydrogen-bond donors (Lipinski definition) is 2. The molecule has 0 aliphatic rings. The molecule has 0 aromatic rings. The second kappa shape index (κ2) is 15.7. The minimum absolute atomic E-state index is 0.345. The van der Waals surface area contributed by atoms with Gasteiger partial charge in [0, 0.05) is 0 Å². The molecule has 2 nitrogen and oxygen atoms in total. The first-order chi connectivity index (χ1) is 4.33. The molecule has 0 unspecified atom stereocenters. The van der Waals surface area contributed by atoms with Gasteiger partial charge in [-0.25, -0.2) is 0 Å². The molecule has 6 heteroatoms. The number of halogens is 2. The van der Waals surface area contributed by atoms with Crippen molar-refractivity contribution >= 4 is 19.5 Å². The summed E-state index contributed by atoms with van der Waals surface area (Å²) < 4.78 is 21.4. The Balaban J connectivity index is 0. The average molecular weight is 174 g/mol. The van der Waals surface area contributed by atoms with Gasteiger partial charge in [0.15, 0.2) is 19.5 Å². The Morgan fingerprint density at radius 1 is 1.11 bits per heavy atom. The lowest BCUT2D eigenvalue weighted by Gasteiger charge is -1.75. The zero-order valence-corrected chi connectivity index (χ0v) is 8.01. The summed E-state index contributed by atoms with van der Waals surface area (Å²) in [6, 6.07) is 0.417. The highest BCUT2D eigenvalue weighted by Crippen LogP contribution is 1.72. The molecule has 0 aliphatic carbocycles. The fourth-order valence-electron chi connectivity index (χ4n) is 0.0598. The van der Waals surface area contributed by atoms with E-state index >= 15 is 0 Å². The summed E-state index contributed by atoms with van der Waals surface area (Å²) in [6.07, 6.45) is -0.486. The van der Waals surface area contributed by atoms with Gasteiger partial charge >= 0.3 is 0 Å². The van der Waals surface area contributed by atoms with Gasteiger partial charge in [-0.2, -0.15) is 0 Å². The van der Waals surface area contributed by atoms with Gasteiger partial charge in [0.2, 0.25) is 0 Å². The van der Waals surface area contributed by atoms with Crippen molar-refractivity contribution in [2.75, 3.05) is 13.0 Å². The van der Waals surface area contributed by atoms with E-state index in [0.717, 1.165) is 0 Å². The Morgan fingerprint density at radius 3 is 1.56 bits per heavy atom. The van der Waals surface area contributed by atoms with Crippen LogP contribution in [0.3, 0.4) is 0 Å². The van der Waals surface area contributed by atoms with Crippen LogP contribution in [0.4, 0.5) is 8.78 Å². The smallest absolute Gasteiger partial charge is 0.188 e. The van der Waals surface area contributed by atoms with E-state index in [1.54, 1.807) is 0 Å². The lowest BCUT2D eigenvalue weighted by molar-refractivity contribution is 0.507. The molecule has 0 atom stereocenters. The van der Waals surface area contributed by atoms with Gasteiger partial charge in [0.1, 0.15) is 6.30 Å². The average Bonchev–Trinajstić information content (AvgIpc) is 1.91. The van der Waals surface area contributed by atoms with Crippen LogP contribution in [0.15, 0.2) is 0 Å². The molecular weight excluding hydrogens is 162 g/mol. The van der Waals surface area contributed by atoms with Gasteiger partial charge in [-0.1, -0.05) is 0 Å². The maximum absolute atomic E-state index is 10.9. The first-order valence-electron chi connectivity index (χ1n) is 2.67. The Labute approximate surface area is 57.8 Å². The van der Waals surface area contributed by atoms with Crippen LogP contribution in [-0.4, -0.2) is 42.1 Å². The lowest BCUT2D eigenvalue weighted by Crippen LogP contribution is -1.85. The molecular formula is C3H12F2O2Si2. The first kappa shape index (κ1) is 11.9. The van der Waals surface area contributed by atoms with Crippen LogP contribution < -0.4 is 0 Å². The molecule has 0 amide bonds. The first-order valence-corrected chi connectivity index (χ1v) is 5.93. The third-order valence-corrected chi connectivity index (χ3v) is 1.13. The van der Waals surface area contributed by atoms with E-state index in [1.165, 1.54) is 0 Å². The molecule has 0 aromatic heterocycles. The van der Waals surface area contributed by atoms with Gasteiger partial charge in [0.25, 0.3) is 0 Å². The topological polar surface area (TPSA) is 40.5 Å². The Kier molecular flexibility index (Phi) is 20.9. The number of alkyl halides is 2. The molecule has 0 saturated carbocycles. The predicted molar refractivity (Wildman–Crippen MR) is 38.3 cm³/mol. The van der Waals surface area contributed by atoms with Gasteiger partial charge in [-0.15, -0.1) is 0 Å². The van der Waals surface area contributed by atoms with E-state index in [2.05, 4.69) is 0 Å². The Morgan fingerprint density at radius 2 is 1.56 bits per heavy atom. The maximum Gasteiger partial charge on any atom is 0.188 e. The minimum Gasteiger partial charge on any atom is -0.438 e. The number of rotatable bonds is 3. The van der Waals surface area contributed by atoms with Crippen LogP contribution in [-0.2, 0) is 0 Å². The largest absolute Gasteiger partial charge is 0.438 e. The van der Waals surface area contributed by atoms with Crippen LogP contribution in [0.25, 0.3) is 0 Å². The molecule has 0 fully saturated rings. The second-order valence-corrected chi connectivity index (χ2v) is 3.16. The summed E-state index contributed by atoms with van der Waals surface area (Å²) in [5, 5.41) is 0. The third-order valence-electron chi connectivity index (χ3n) is 0.376. The SMILES string of the molecule is O[SiH2]CCF.O[SiH2]CF. The highest BCUT2D eigenvalue weighted by atomic mass is 28.2.